The van der Waals surface area contributed by atoms with Gasteiger partial charge in [0.1, 0.15) is 0 Å². The van der Waals surface area contributed by atoms with E-state index in [0.717, 1.165) is 17.9 Å². The smallest absolute Gasteiger partial charge is 0.0946 e. The molecule has 0 heterocycles. The van der Waals surface area contributed by atoms with Crippen molar-refractivity contribution in [2.45, 2.75) is 70.5 Å². The molecule has 0 nitrogen and oxygen atoms in total. The highest BCUT2D eigenvalue weighted by Gasteiger charge is 2.62. The van der Waals surface area contributed by atoms with Gasteiger partial charge in [-0.25, -0.2) is 0 Å². The van der Waals surface area contributed by atoms with E-state index in [4.69, 9.17) is 0 Å². The molecule has 1 aromatic rings. The second-order valence-electron chi connectivity index (χ2n) is 14.1. The van der Waals surface area contributed by atoms with Crippen molar-refractivity contribution in [2.24, 2.45) is 40.9 Å². The van der Waals surface area contributed by atoms with E-state index in [2.05, 4.69) is 131 Å². The van der Waals surface area contributed by atoms with Crippen LogP contribution in [0.4, 0.5) is 0 Å². The standard InChI is InChI=1S/C38H48Si/c1-6-7-13-24-39(30-15-9-8-10-16-30,36-23-19-28-14-11-12-17-31(28)36)37-34-25-27(2)18-21-32(34)33-22-20-29(26-35(33)37)38(3,4)5/h6,8-12,14-18,20-22,25-26,28,31-37H,1,7,13,19,23-24H2,2-5H3. The van der Waals surface area contributed by atoms with Crippen molar-refractivity contribution < 1.29 is 0 Å². The number of rotatable bonds is 7. The fraction of sp³-hybridized carbons (Fsp3) is 0.474. The Morgan fingerprint density at radius 2 is 1.56 bits per heavy atom. The van der Waals surface area contributed by atoms with Gasteiger partial charge < -0.3 is 0 Å². The quantitative estimate of drug-likeness (QED) is 0.186. The normalized spacial score (nSPS) is 36.0. The molecule has 0 N–H and O–H groups in total. The van der Waals surface area contributed by atoms with Gasteiger partial charge in [0.2, 0.25) is 0 Å². The van der Waals surface area contributed by atoms with Gasteiger partial charge in [-0.15, -0.1) is 6.58 Å². The molecule has 0 aliphatic heterocycles. The van der Waals surface area contributed by atoms with Crippen LogP contribution in [-0.4, -0.2) is 8.07 Å². The Bertz CT molecular complexity index is 1250. The molecule has 2 saturated carbocycles. The monoisotopic (exact) mass is 532 g/mol. The van der Waals surface area contributed by atoms with Crippen LogP contribution in [0.25, 0.3) is 0 Å². The molecule has 5 aliphatic carbocycles. The van der Waals surface area contributed by atoms with E-state index in [1.165, 1.54) is 30.9 Å². The molecule has 9 atom stereocenters. The first-order valence-electron chi connectivity index (χ1n) is 15.6. The maximum atomic E-state index is 4.15. The highest BCUT2D eigenvalue weighted by Crippen LogP contribution is 2.65. The van der Waals surface area contributed by atoms with Gasteiger partial charge in [0, 0.05) is 0 Å². The van der Waals surface area contributed by atoms with Crippen LogP contribution in [0.1, 0.15) is 53.4 Å². The van der Waals surface area contributed by atoms with E-state index in [0.29, 0.717) is 35.1 Å². The zero-order chi connectivity index (χ0) is 27.2. The van der Waals surface area contributed by atoms with Crippen LogP contribution in [0.3, 0.4) is 0 Å². The van der Waals surface area contributed by atoms with Gasteiger partial charge in [-0.2, -0.15) is 0 Å². The molecular formula is C38H48Si. The molecule has 0 amide bonds. The zero-order valence-electron chi connectivity index (χ0n) is 24.6. The summed E-state index contributed by atoms with van der Waals surface area (Å²) in [5.41, 5.74) is 4.69. The Balaban J connectivity index is 1.58. The number of fused-ring (bicyclic) bond motifs is 4. The van der Waals surface area contributed by atoms with E-state index in [1.807, 2.05) is 0 Å². The average molecular weight is 533 g/mol. The molecule has 6 rings (SSSR count). The Labute approximate surface area is 239 Å². The van der Waals surface area contributed by atoms with Crippen LogP contribution in [0.2, 0.25) is 17.1 Å². The minimum Gasteiger partial charge on any atom is -0.103 e. The van der Waals surface area contributed by atoms with Crippen molar-refractivity contribution in [1.82, 2.24) is 0 Å². The molecule has 0 spiro atoms. The second-order valence-corrected chi connectivity index (χ2v) is 18.7. The van der Waals surface area contributed by atoms with Crippen molar-refractivity contribution in [1.29, 1.82) is 0 Å². The van der Waals surface area contributed by atoms with Gasteiger partial charge in [0.15, 0.2) is 0 Å². The van der Waals surface area contributed by atoms with Gasteiger partial charge in [-0.1, -0.05) is 148 Å². The lowest BCUT2D eigenvalue weighted by Crippen LogP contribution is -2.59. The number of benzene rings is 1. The minimum atomic E-state index is -2.08. The Morgan fingerprint density at radius 1 is 0.846 bits per heavy atom. The first-order chi connectivity index (χ1) is 18.8. The molecule has 1 aromatic carbocycles. The Morgan fingerprint density at radius 3 is 2.31 bits per heavy atom. The number of hydrogen-bond acceptors (Lipinski definition) is 0. The molecule has 1 heteroatoms. The molecule has 5 aliphatic rings. The first kappa shape index (κ1) is 26.8. The summed E-state index contributed by atoms with van der Waals surface area (Å²) in [4.78, 5) is 0. The molecule has 9 unspecified atom stereocenters. The largest absolute Gasteiger partial charge is 0.103 e. The summed E-state index contributed by atoms with van der Waals surface area (Å²) in [6.07, 6.45) is 32.8. The summed E-state index contributed by atoms with van der Waals surface area (Å²) < 4.78 is 0. The lowest BCUT2D eigenvalue weighted by atomic mass is 9.76. The van der Waals surface area contributed by atoms with Crippen molar-refractivity contribution in [3.8, 4) is 0 Å². The summed E-state index contributed by atoms with van der Waals surface area (Å²) in [5, 5.41) is 1.73. The summed E-state index contributed by atoms with van der Waals surface area (Å²) >= 11 is 0. The van der Waals surface area contributed by atoms with Crippen molar-refractivity contribution in [3.63, 3.8) is 0 Å². The van der Waals surface area contributed by atoms with Crippen LogP contribution in [0.5, 0.6) is 0 Å². The van der Waals surface area contributed by atoms with Gasteiger partial charge in [0.05, 0.1) is 8.07 Å². The predicted octanol–water partition coefficient (Wildman–Crippen LogP) is 9.74. The first-order valence-corrected chi connectivity index (χ1v) is 18.0. The second kappa shape index (κ2) is 10.5. The number of unbranched alkanes of at least 4 members (excludes halogenated alkanes) is 1. The molecule has 2 fully saturated rings. The van der Waals surface area contributed by atoms with E-state index in [-0.39, 0.29) is 5.41 Å². The molecule has 0 radical (unpaired) electrons. The van der Waals surface area contributed by atoms with Crippen LogP contribution in [0.15, 0.2) is 115 Å². The number of allylic oxidation sites excluding steroid dienone is 13. The predicted molar refractivity (Wildman–Crippen MR) is 172 cm³/mol. The molecule has 204 valence electrons. The van der Waals surface area contributed by atoms with E-state index in [1.54, 1.807) is 10.8 Å². The van der Waals surface area contributed by atoms with Crippen LogP contribution >= 0.6 is 0 Å². The third kappa shape index (κ3) is 4.59. The summed E-state index contributed by atoms with van der Waals surface area (Å²) in [5.74, 6) is 3.88. The zero-order valence-corrected chi connectivity index (χ0v) is 25.6. The summed E-state index contributed by atoms with van der Waals surface area (Å²) in [6.45, 7) is 13.7. The lowest BCUT2D eigenvalue weighted by molar-refractivity contribution is 0.441. The summed E-state index contributed by atoms with van der Waals surface area (Å²) in [6, 6.07) is 13.4. The van der Waals surface area contributed by atoms with Gasteiger partial charge in [0.25, 0.3) is 0 Å². The molecular weight excluding hydrogens is 485 g/mol. The van der Waals surface area contributed by atoms with Crippen molar-refractivity contribution in [2.75, 3.05) is 0 Å². The SMILES string of the molecule is C=CCCC[Si](c1ccccc1)(C1CCC2C=CC=CC21)C1C2C=C(C)C=CC2C2C=CC(C(C)(C)C)=CC21. The Kier molecular flexibility index (Phi) is 7.25. The van der Waals surface area contributed by atoms with Crippen LogP contribution in [0, 0.1) is 40.9 Å². The topological polar surface area (TPSA) is 0 Å². The van der Waals surface area contributed by atoms with Crippen LogP contribution < -0.4 is 5.19 Å². The third-order valence-electron chi connectivity index (χ3n) is 11.1. The van der Waals surface area contributed by atoms with Crippen molar-refractivity contribution >= 4 is 13.3 Å². The van der Waals surface area contributed by atoms with Gasteiger partial charge in [-0.05, 0) is 77.3 Å². The van der Waals surface area contributed by atoms with E-state index in [9.17, 15) is 0 Å². The fourth-order valence-corrected chi connectivity index (χ4v) is 17.1. The molecule has 39 heavy (non-hydrogen) atoms. The van der Waals surface area contributed by atoms with Crippen molar-refractivity contribution in [3.05, 3.63) is 115 Å². The lowest BCUT2D eigenvalue weighted by Gasteiger charge is -2.50. The maximum Gasteiger partial charge on any atom is 0.0946 e. The fourth-order valence-electron chi connectivity index (χ4n) is 9.47. The Hall–Kier alpha value is -2.38. The highest BCUT2D eigenvalue weighted by atomic mass is 28.3. The molecule has 0 bridgehead atoms. The molecule has 0 aromatic heterocycles. The summed E-state index contributed by atoms with van der Waals surface area (Å²) in [7, 11) is -2.08. The highest BCUT2D eigenvalue weighted by molar-refractivity contribution is 6.94. The van der Waals surface area contributed by atoms with E-state index < -0.39 is 8.07 Å². The average Bonchev–Trinajstić information content (AvgIpc) is 3.51. The van der Waals surface area contributed by atoms with Gasteiger partial charge >= 0.3 is 0 Å². The minimum absolute atomic E-state index is 0.177. The third-order valence-corrected chi connectivity index (χ3v) is 17.6. The maximum absolute atomic E-state index is 4.15. The molecule has 0 saturated heterocycles. The number of hydrogen-bond donors (Lipinski definition) is 0. The van der Waals surface area contributed by atoms with E-state index >= 15 is 0 Å². The van der Waals surface area contributed by atoms with Gasteiger partial charge in [-0.3, -0.25) is 0 Å². The van der Waals surface area contributed by atoms with Crippen LogP contribution in [-0.2, 0) is 0 Å².